The minimum Gasteiger partial charge on any atom is -0.306 e. The average molecular weight is 345 g/mol. The van der Waals surface area contributed by atoms with Gasteiger partial charge in [0.1, 0.15) is 5.15 Å². The van der Waals surface area contributed by atoms with Gasteiger partial charge in [-0.05, 0) is 34.1 Å². The number of aromatic nitrogens is 2. The molecular weight excluding hydrogens is 338 g/mol. The van der Waals surface area contributed by atoms with Crippen molar-refractivity contribution in [1.82, 2.24) is 9.97 Å². The Labute approximate surface area is 121 Å². The van der Waals surface area contributed by atoms with Gasteiger partial charge in [0.15, 0.2) is 5.82 Å². The zero-order valence-corrected chi connectivity index (χ0v) is 12.1. The van der Waals surface area contributed by atoms with Crippen LogP contribution in [0.1, 0.15) is 4.88 Å². The zero-order valence-electron chi connectivity index (χ0n) is 8.93. The summed E-state index contributed by atoms with van der Waals surface area (Å²) in [4.78, 5) is 20.3. The summed E-state index contributed by atoms with van der Waals surface area (Å²) in [5, 5.41) is 2.80. The number of rotatable bonds is 3. The molecule has 2 aromatic rings. The van der Waals surface area contributed by atoms with Crippen molar-refractivity contribution in [1.29, 1.82) is 0 Å². The van der Waals surface area contributed by atoms with Gasteiger partial charge in [0.2, 0.25) is 5.91 Å². The summed E-state index contributed by atoms with van der Waals surface area (Å²) in [6, 6.07) is 3.84. The first-order chi connectivity index (χ1) is 8.63. The molecule has 18 heavy (non-hydrogen) atoms. The van der Waals surface area contributed by atoms with E-state index in [-0.39, 0.29) is 11.1 Å². The second-order valence-electron chi connectivity index (χ2n) is 3.19. The molecule has 1 N–H and O–H groups in total. The molecule has 0 bridgehead atoms. The van der Waals surface area contributed by atoms with Crippen molar-refractivity contribution in [3.05, 3.63) is 44.4 Å². The van der Waals surface area contributed by atoms with Gasteiger partial charge >= 0.3 is 0 Å². The van der Waals surface area contributed by atoms with Crippen LogP contribution in [0.4, 0.5) is 5.82 Å². The molecule has 0 saturated carbocycles. The molecule has 2 rings (SSSR count). The molecule has 2 heterocycles. The Morgan fingerprint density at radius 2 is 2.28 bits per heavy atom. The van der Waals surface area contributed by atoms with Gasteiger partial charge in [0, 0.05) is 11.0 Å². The summed E-state index contributed by atoms with van der Waals surface area (Å²) in [5.74, 6) is 0.0422. The quantitative estimate of drug-likeness (QED) is 0.866. The lowest BCUT2D eigenvalue weighted by Gasteiger charge is -1.99. The third-order valence-electron chi connectivity index (χ3n) is 1.85. The Balaban J connectivity index is 1.98. The summed E-state index contributed by atoms with van der Waals surface area (Å²) in [5.41, 5.74) is 0. The van der Waals surface area contributed by atoms with Crippen LogP contribution in [0.3, 0.4) is 0 Å². The summed E-state index contributed by atoms with van der Waals surface area (Å²) < 4.78 is 1.02. The molecule has 0 aliphatic carbocycles. The number of nitrogens with zero attached hydrogens (tertiary/aromatic N) is 2. The van der Waals surface area contributed by atoms with E-state index in [4.69, 9.17) is 11.6 Å². The second-order valence-corrected chi connectivity index (χ2v) is 6.07. The lowest BCUT2D eigenvalue weighted by Crippen LogP contribution is -2.09. The molecule has 1 amide bonds. The standard InChI is InChI=1S/C11H7BrClN3OS/c12-8-3-1-7(18-8)2-4-11(17)16-10-6-14-5-9(13)15-10/h1-6H,(H,15,16,17)/b4-2+. The predicted octanol–water partition coefficient (Wildman–Crippen LogP) is 3.61. The van der Waals surface area contributed by atoms with Gasteiger partial charge in [-0.3, -0.25) is 9.78 Å². The van der Waals surface area contributed by atoms with Crippen LogP contribution in [-0.2, 0) is 4.79 Å². The van der Waals surface area contributed by atoms with Crippen molar-refractivity contribution in [2.24, 2.45) is 0 Å². The fourth-order valence-electron chi connectivity index (χ4n) is 1.15. The van der Waals surface area contributed by atoms with E-state index in [1.165, 1.54) is 29.8 Å². The zero-order chi connectivity index (χ0) is 13.0. The van der Waals surface area contributed by atoms with E-state index < -0.39 is 0 Å². The maximum absolute atomic E-state index is 11.6. The molecule has 0 aliphatic heterocycles. The molecule has 0 fully saturated rings. The molecule has 0 radical (unpaired) electrons. The second kappa shape index (κ2) is 6.08. The van der Waals surface area contributed by atoms with Gasteiger partial charge in [-0.1, -0.05) is 11.6 Å². The number of hydrogen-bond acceptors (Lipinski definition) is 4. The number of carbonyl (C=O) groups is 1. The first kappa shape index (κ1) is 13.2. The SMILES string of the molecule is O=C(/C=C/c1ccc(Br)s1)Nc1cncc(Cl)n1. The molecule has 4 nitrogen and oxygen atoms in total. The van der Waals surface area contributed by atoms with Crippen molar-refractivity contribution < 1.29 is 4.79 Å². The number of carbonyl (C=O) groups excluding carboxylic acids is 1. The van der Waals surface area contributed by atoms with Crippen molar-refractivity contribution in [2.75, 3.05) is 5.32 Å². The van der Waals surface area contributed by atoms with Crippen LogP contribution in [-0.4, -0.2) is 15.9 Å². The van der Waals surface area contributed by atoms with Crippen LogP contribution in [0.2, 0.25) is 5.15 Å². The monoisotopic (exact) mass is 343 g/mol. The van der Waals surface area contributed by atoms with E-state index in [0.717, 1.165) is 8.66 Å². The fourth-order valence-corrected chi connectivity index (χ4v) is 2.62. The van der Waals surface area contributed by atoms with Crippen LogP contribution in [0.15, 0.2) is 34.4 Å². The van der Waals surface area contributed by atoms with Crippen LogP contribution < -0.4 is 5.32 Å². The Hall–Kier alpha value is -1.24. The minimum absolute atomic E-state index is 0.235. The lowest BCUT2D eigenvalue weighted by molar-refractivity contribution is -0.111. The largest absolute Gasteiger partial charge is 0.306 e. The van der Waals surface area contributed by atoms with Crippen molar-refractivity contribution in [2.45, 2.75) is 0 Å². The van der Waals surface area contributed by atoms with E-state index in [2.05, 4.69) is 31.2 Å². The minimum atomic E-state index is -0.281. The molecule has 2 aromatic heterocycles. The molecule has 0 saturated heterocycles. The maximum Gasteiger partial charge on any atom is 0.249 e. The molecule has 0 aliphatic rings. The third-order valence-corrected chi connectivity index (χ3v) is 3.62. The van der Waals surface area contributed by atoms with Gasteiger partial charge in [0.05, 0.1) is 16.2 Å². The van der Waals surface area contributed by atoms with E-state index in [1.54, 1.807) is 6.08 Å². The first-order valence-corrected chi connectivity index (χ1v) is 6.84. The molecule has 92 valence electrons. The third kappa shape index (κ3) is 3.90. The van der Waals surface area contributed by atoms with E-state index in [0.29, 0.717) is 5.82 Å². The number of nitrogens with one attached hydrogen (secondary N) is 1. The Bertz CT molecular complexity index is 599. The summed E-state index contributed by atoms with van der Waals surface area (Å²) in [6.07, 6.45) is 5.99. The number of hydrogen-bond donors (Lipinski definition) is 1. The highest BCUT2D eigenvalue weighted by Crippen LogP contribution is 2.22. The normalized spacial score (nSPS) is 10.8. The molecule has 0 spiro atoms. The lowest BCUT2D eigenvalue weighted by atomic mass is 10.4. The number of amides is 1. The van der Waals surface area contributed by atoms with Crippen LogP contribution in [0.25, 0.3) is 6.08 Å². The van der Waals surface area contributed by atoms with Gasteiger partial charge in [-0.2, -0.15) is 0 Å². The summed E-state index contributed by atoms with van der Waals surface area (Å²) in [6.45, 7) is 0. The van der Waals surface area contributed by atoms with Gasteiger partial charge in [-0.15, -0.1) is 11.3 Å². The van der Waals surface area contributed by atoms with Crippen LogP contribution in [0.5, 0.6) is 0 Å². The number of halogens is 2. The Morgan fingerprint density at radius 1 is 1.44 bits per heavy atom. The predicted molar refractivity (Wildman–Crippen MR) is 76.7 cm³/mol. The Morgan fingerprint density at radius 3 is 2.94 bits per heavy atom. The van der Waals surface area contributed by atoms with Crippen molar-refractivity contribution in [3.63, 3.8) is 0 Å². The first-order valence-electron chi connectivity index (χ1n) is 4.85. The van der Waals surface area contributed by atoms with Crippen LogP contribution in [0, 0.1) is 0 Å². The average Bonchev–Trinajstić information content (AvgIpc) is 2.73. The topological polar surface area (TPSA) is 54.9 Å². The fraction of sp³-hybridized carbons (Fsp3) is 0. The summed E-state index contributed by atoms with van der Waals surface area (Å²) in [7, 11) is 0. The van der Waals surface area contributed by atoms with E-state index in [1.807, 2.05) is 12.1 Å². The van der Waals surface area contributed by atoms with Gasteiger partial charge in [-0.25, -0.2) is 4.98 Å². The molecule has 0 atom stereocenters. The molecule has 7 heteroatoms. The molecule has 0 unspecified atom stereocenters. The number of thiophene rings is 1. The van der Waals surface area contributed by atoms with E-state index in [9.17, 15) is 4.79 Å². The highest BCUT2D eigenvalue weighted by molar-refractivity contribution is 9.11. The van der Waals surface area contributed by atoms with Gasteiger partial charge in [0.25, 0.3) is 0 Å². The van der Waals surface area contributed by atoms with Crippen LogP contribution >= 0.6 is 38.9 Å². The van der Waals surface area contributed by atoms with E-state index >= 15 is 0 Å². The van der Waals surface area contributed by atoms with Crippen molar-refractivity contribution in [3.8, 4) is 0 Å². The molecule has 0 aromatic carbocycles. The smallest absolute Gasteiger partial charge is 0.249 e. The van der Waals surface area contributed by atoms with Gasteiger partial charge < -0.3 is 5.32 Å². The summed E-state index contributed by atoms with van der Waals surface area (Å²) >= 11 is 10.5. The Kier molecular flexibility index (Phi) is 4.46. The highest BCUT2D eigenvalue weighted by Gasteiger charge is 2.01. The van der Waals surface area contributed by atoms with Crippen molar-refractivity contribution >= 4 is 56.7 Å². The maximum atomic E-state index is 11.6. The molecular formula is C11H7BrClN3OS. The number of anilines is 1. The highest BCUT2D eigenvalue weighted by atomic mass is 79.9.